The van der Waals surface area contributed by atoms with Crippen molar-refractivity contribution in [3.63, 3.8) is 0 Å². The number of fused-ring (bicyclic) bond motifs is 1. The summed E-state index contributed by atoms with van der Waals surface area (Å²) < 4.78 is 2.23. The maximum atomic E-state index is 5.25. The van der Waals surface area contributed by atoms with Gasteiger partial charge < -0.3 is 9.40 Å². The Balaban J connectivity index is 2.73. The van der Waals surface area contributed by atoms with E-state index in [9.17, 15) is 0 Å². The zero-order valence-electron chi connectivity index (χ0n) is 10.9. The molecule has 0 saturated heterocycles. The van der Waals surface area contributed by atoms with Gasteiger partial charge >= 0.3 is 0 Å². The SMILES string of the molecule is Cc1c(C(C)(C)CON)c2ccccc2n1C. The second-order valence-electron chi connectivity index (χ2n) is 5.23. The number of nitrogens with two attached hydrogens (primary N) is 1. The Bertz CT molecular complexity index is 540. The van der Waals surface area contributed by atoms with Crippen molar-refractivity contribution in [3.05, 3.63) is 35.5 Å². The van der Waals surface area contributed by atoms with Gasteiger partial charge in [-0.25, -0.2) is 5.90 Å². The molecule has 17 heavy (non-hydrogen) atoms. The minimum atomic E-state index is -0.0836. The van der Waals surface area contributed by atoms with Gasteiger partial charge in [-0.1, -0.05) is 32.0 Å². The topological polar surface area (TPSA) is 40.2 Å². The van der Waals surface area contributed by atoms with E-state index in [1.165, 1.54) is 22.2 Å². The lowest BCUT2D eigenvalue weighted by Crippen LogP contribution is -2.27. The Morgan fingerprint density at radius 2 is 1.94 bits per heavy atom. The van der Waals surface area contributed by atoms with E-state index in [-0.39, 0.29) is 5.41 Å². The lowest BCUT2D eigenvalue weighted by Gasteiger charge is -2.24. The highest BCUT2D eigenvalue weighted by atomic mass is 16.6. The van der Waals surface area contributed by atoms with E-state index >= 15 is 0 Å². The third kappa shape index (κ3) is 1.85. The molecule has 3 heteroatoms. The van der Waals surface area contributed by atoms with Crippen LogP contribution in [-0.4, -0.2) is 11.2 Å². The summed E-state index contributed by atoms with van der Waals surface area (Å²) in [5.74, 6) is 5.25. The Labute approximate surface area is 102 Å². The van der Waals surface area contributed by atoms with Gasteiger partial charge in [-0.3, -0.25) is 0 Å². The van der Waals surface area contributed by atoms with Gasteiger partial charge in [-0.05, 0) is 18.6 Å². The molecule has 0 unspecified atom stereocenters. The van der Waals surface area contributed by atoms with Crippen LogP contribution in [0.25, 0.3) is 10.9 Å². The van der Waals surface area contributed by atoms with E-state index < -0.39 is 0 Å². The molecule has 2 aromatic rings. The van der Waals surface area contributed by atoms with Gasteiger partial charge in [0.15, 0.2) is 0 Å². The van der Waals surface area contributed by atoms with Crippen LogP contribution < -0.4 is 5.90 Å². The van der Waals surface area contributed by atoms with Crippen molar-refractivity contribution in [1.82, 2.24) is 4.57 Å². The number of aromatic nitrogens is 1. The molecule has 0 bridgehead atoms. The third-order valence-corrected chi connectivity index (χ3v) is 3.52. The van der Waals surface area contributed by atoms with Gasteiger partial charge in [0.25, 0.3) is 0 Å². The largest absolute Gasteiger partial charge is 0.348 e. The predicted molar refractivity (Wildman–Crippen MR) is 70.8 cm³/mol. The van der Waals surface area contributed by atoms with Crippen LogP contribution >= 0.6 is 0 Å². The quantitative estimate of drug-likeness (QED) is 0.826. The van der Waals surface area contributed by atoms with E-state index in [2.05, 4.69) is 56.7 Å². The molecule has 2 N–H and O–H groups in total. The predicted octanol–water partition coefficient (Wildman–Crippen LogP) is 2.65. The molecule has 2 rings (SSSR count). The maximum Gasteiger partial charge on any atom is 0.0771 e. The van der Waals surface area contributed by atoms with Gasteiger partial charge in [0.1, 0.15) is 0 Å². The molecule has 0 aliphatic heterocycles. The molecule has 0 amide bonds. The highest BCUT2D eigenvalue weighted by molar-refractivity contribution is 5.86. The van der Waals surface area contributed by atoms with Gasteiger partial charge in [0.05, 0.1) is 6.61 Å². The van der Waals surface area contributed by atoms with Gasteiger partial charge in [0, 0.05) is 29.1 Å². The van der Waals surface area contributed by atoms with Gasteiger partial charge in [-0.2, -0.15) is 0 Å². The van der Waals surface area contributed by atoms with E-state index in [1.807, 2.05) is 0 Å². The van der Waals surface area contributed by atoms with Gasteiger partial charge in [0.2, 0.25) is 0 Å². The fraction of sp³-hybridized carbons (Fsp3) is 0.429. The van der Waals surface area contributed by atoms with Crippen molar-refractivity contribution in [1.29, 1.82) is 0 Å². The average Bonchev–Trinajstić information content (AvgIpc) is 2.53. The summed E-state index contributed by atoms with van der Waals surface area (Å²) in [4.78, 5) is 4.86. The minimum Gasteiger partial charge on any atom is -0.348 e. The van der Waals surface area contributed by atoms with Crippen LogP contribution in [0.4, 0.5) is 0 Å². The summed E-state index contributed by atoms with van der Waals surface area (Å²) in [5.41, 5.74) is 3.76. The first-order valence-electron chi connectivity index (χ1n) is 5.85. The van der Waals surface area contributed by atoms with Crippen molar-refractivity contribution < 1.29 is 4.84 Å². The highest BCUT2D eigenvalue weighted by Crippen LogP contribution is 2.34. The zero-order valence-corrected chi connectivity index (χ0v) is 10.9. The molecule has 0 aliphatic rings. The van der Waals surface area contributed by atoms with Crippen molar-refractivity contribution in [2.24, 2.45) is 12.9 Å². The highest BCUT2D eigenvalue weighted by Gasteiger charge is 2.27. The fourth-order valence-corrected chi connectivity index (χ4v) is 2.66. The molecule has 0 saturated carbocycles. The van der Waals surface area contributed by atoms with Gasteiger partial charge in [-0.15, -0.1) is 0 Å². The standard InChI is InChI=1S/C14H20N2O/c1-10-13(14(2,3)9-17-15)11-7-5-6-8-12(11)16(10)4/h5-8H,9,15H2,1-4H3. The van der Waals surface area contributed by atoms with E-state index in [0.29, 0.717) is 6.61 Å². The zero-order chi connectivity index (χ0) is 12.6. The molecule has 0 fully saturated rings. The van der Waals surface area contributed by atoms with Crippen LogP contribution in [0.1, 0.15) is 25.1 Å². The molecule has 0 radical (unpaired) electrons. The number of benzene rings is 1. The van der Waals surface area contributed by atoms with E-state index in [0.717, 1.165) is 0 Å². The first-order valence-corrected chi connectivity index (χ1v) is 5.85. The monoisotopic (exact) mass is 232 g/mol. The summed E-state index contributed by atoms with van der Waals surface area (Å²) in [5, 5.41) is 1.29. The normalized spacial score (nSPS) is 12.3. The number of aryl methyl sites for hydroxylation is 1. The van der Waals surface area contributed by atoms with Crippen molar-refractivity contribution in [2.45, 2.75) is 26.2 Å². The summed E-state index contributed by atoms with van der Waals surface area (Å²) in [6.07, 6.45) is 0. The van der Waals surface area contributed by atoms with Crippen LogP contribution in [0.5, 0.6) is 0 Å². The smallest absolute Gasteiger partial charge is 0.0771 e. The summed E-state index contributed by atoms with van der Waals surface area (Å²) in [6.45, 7) is 6.98. The molecular formula is C14H20N2O. The average molecular weight is 232 g/mol. The number of nitrogens with zero attached hydrogens (tertiary/aromatic N) is 1. The molecule has 1 aromatic heterocycles. The van der Waals surface area contributed by atoms with Crippen molar-refractivity contribution >= 4 is 10.9 Å². The molecule has 0 atom stereocenters. The third-order valence-electron chi connectivity index (χ3n) is 3.52. The molecule has 92 valence electrons. The number of hydrogen-bond donors (Lipinski definition) is 1. The van der Waals surface area contributed by atoms with Crippen LogP contribution in [-0.2, 0) is 17.3 Å². The fourth-order valence-electron chi connectivity index (χ4n) is 2.66. The second kappa shape index (κ2) is 4.17. The molecule has 0 spiro atoms. The Morgan fingerprint density at radius 1 is 1.29 bits per heavy atom. The Hall–Kier alpha value is -1.32. The second-order valence-corrected chi connectivity index (χ2v) is 5.23. The number of para-hydroxylation sites is 1. The van der Waals surface area contributed by atoms with Crippen LogP contribution in [0.15, 0.2) is 24.3 Å². The summed E-state index contributed by atoms with van der Waals surface area (Å²) in [6, 6.07) is 8.45. The maximum absolute atomic E-state index is 5.25. The van der Waals surface area contributed by atoms with E-state index in [4.69, 9.17) is 10.7 Å². The van der Waals surface area contributed by atoms with Crippen molar-refractivity contribution in [2.75, 3.05) is 6.61 Å². The molecule has 1 heterocycles. The number of hydrogen-bond acceptors (Lipinski definition) is 2. The Morgan fingerprint density at radius 3 is 2.59 bits per heavy atom. The first-order chi connectivity index (χ1) is 7.99. The van der Waals surface area contributed by atoms with E-state index in [1.54, 1.807) is 0 Å². The molecule has 0 aliphatic carbocycles. The summed E-state index contributed by atoms with van der Waals surface area (Å²) in [7, 11) is 2.10. The Kier molecular flexibility index (Phi) is 2.98. The van der Waals surface area contributed by atoms with Crippen LogP contribution in [0, 0.1) is 6.92 Å². The molecule has 3 nitrogen and oxygen atoms in total. The summed E-state index contributed by atoms with van der Waals surface area (Å²) >= 11 is 0. The molecular weight excluding hydrogens is 212 g/mol. The first kappa shape index (κ1) is 12.1. The van der Waals surface area contributed by atoms with Crippen LogP contribution in [0.2, 0.25) is 0 Å². The van der Waals surface area contributed by atoms with Crippen molar-refractivity contribution in [3.8, 4) is 0 Å². The number of rotatable bonds is 3. The van der Waals surface area contributed by atoms with Crippen LogP contribution in [0.3, 0.4) is 0 Å². The minimum absolute atomic E-state index is 0.0836. The lowest BCUT2D eigenvalue weighted by atomic mass is 9.83. The molecule has 1 aromatic carbocycles. The lowest BCUT2D eigenvalue weighted by molar-refractivity contribution is 0.0966.